The first-order chi connectivity index (χ1) is 9.04. The number of hydrogen-bond donors (Lipinski definition) is 2. The molecule has 0 heterocycles. The number of hydrogen-bond acceptors (Lipinski definition) is 2. The molecule has 1 saturated carbocycles. The van der Waals surface area contributed by atoms with Gasteiger partial charge in [0.1, 0.15) is 0 Å². The van der Waals surface area contributed by atoms with Gasteiger partial charge >= 0.3 is 0 Å². The molecule has 2 rings (SSSR count). The lowest BCUT2D eigenvalue weighted by atomic mass is 9.96. The number of aryl methyl sites for hydroxylation is 1. The predicted molar refractivity (Wildman–Crippen MR) is 79.0 cm³/mol. The van der Waals surface area contributed by atoms with Crippen LogP contribution in [0.5, 0.6) is 0 Å². The highest BCUT2D eigenvalue weighted by molar-refractivity contribution is 5.98. The van der Waals surface area contributed by atoms with Gasteiger partial charge in [0.15, 0.2) is 0 Å². The molecular weight excluding hydrogens is 236 g/mol. The minimum Gasteiger partial charge on any atom is -0.324 e. The van der Waals surface area contributed by atoms with Crippen molar-refractivity contribution in [2.24, 2.45) is 11.7 Å². The Labute approximate surface area is 115 Å². The van der Waals surface area contributed by atoms with Crippen LogP contribution >= 0.6 is 0 Å². The lowest BCUT2D eigenvalue weighted by Crippen LogP contribution is -2.50. The summed E-state index contributed by atoms with van der Waals surface area (Å²) in [5.74, 6) is 0.271. The summed E-state index contributed by atoms with van der Waals surface area (Å²) in [6, 6.07) is 8.09. The number of rotatable bonds is 6. The van der Waals surface area contributed by atoms with E-state index >= 15 is 0 Å². The zero-order chi connectivity index (χ0) is 13.9. The molecule has 0 radical (unpaired) electrons. The van der Waals surface area contributed by atoms with Crippen LogP contribution in [0.3, 0.4) is 0 Å². The Morgan fingerprint density at radius 3 is 2.53 bits per heavy atom. The second-order valence-electron chi connectivity index (χ2n) is 5.81. The molecule has 0 spiro atoms. The number of amides is 1. The Hall–Kier alpha value is -1.35. The molecule has 0 aromatic heterocycles. The summed E-state index contributed by atoms with van der Waals surface area (Å²) >= 11 is 0. The molecule has 1 aliphatic carbocycles. The maximum atomic E-state index is 12.1. The van der Waals surface area contributed by atoms with Gasteiger partial charge in [0.2, 0.25) is 5.91 Å². The van der Waals surface area contributed by atoms with Crippen molar-refractivity contribution < 1.29 is 4.79 Å². The highest BCUT2D eigenvalue weighted by Gasteiger charge is 2.44. The second kappa shape index (κ2) is 5.74. The standard InChI is InChI=1S/C16H24N2O/c1-3-4-5-12-6-10-14(11-7-12)18-15(19)16(2,17)13-8-9-13/h6-7,10-11,13H,3-5,8-9,17H2,1-2H3,(H,18,19). The Morgan fingerprint density at radius 1 is 1.37 bits per heavy atom. The van der Waals surface area contributed by atoms with E-state index in [1.54, 1.807) is 0 Å². The van der Waals surface area contributed by atoms with Crippen LogP contribution in [0.15, 0.2) is 24.3 Å². The third kappa shape index (κ3) is 3.57. The lowest BCUT2D eigenvalue weighted by Gasteiger charge is -2.23. The van der Waals surface area contributed by atoms with E-state index in [1.165, 1.54) is 18.4 Å². The summed E-state index contributed by atoms with van der Waals surface area (Å²) in [6.45, 7) is 4.02. The van der Waals surface area contributed by atoms with Gasteiger partial charge in [0, 0.05) is 5.69 Å². The summed E-state index contributed by atoms with van der Waals surface area (Å²) in [5.41, 5.74) is 7.51. The van der Waals surface area contributed by atoms with E-state index < -0.39 is 5.54 Å². The molecule has 0 aliphatic heterocycles. The topological polar surface area (TPSA) is 55.1 Å². The normalized spacial score (nSPS) is 17.8. The molecule has 1 aliphatic rings. The van der Waals surface area contributed by atoms with Crippen molar-refractivity contribution in [2.75, 3.05) is 5.32 Å². The van der Waals surface area contributed by atoms with Gasteiger partial charge in [0.05, 0.1) is 5.54 Å². The van der Waals surface area contributed by atoms with Crippen LogP contribution in [0.1, 0.15) is 45.1 Å². The summed E-state index contributed by atoms with van der Waals surface area (Å²) in [7, 11) is 0. The highest BCUT2D eigenvalue weighted by atomic mass is 16.2. The molecule has 3 N–H and O–H groups in total. The predicted octanol–water partition coefficient (Wildman–Crippen LogP) is 3.10. The second-order valence-corrected chi connectivity index (χ2v) is 5.81. The molecule has 0 bridgehead atoms. The van der Waals surface area contributed by atoms with Crippen molar-refractivity contribution in [1.29, 1.82) is 0 Å². The van der Waals surface area contributed by atoms with Gasteiger partial charge in [0.25, 0.3) is 0 Å². The lowest BCUT2D eigenvalue weighted by molar-refractivity contribution is -0.121. The zero-order valence-electron chi connectivity index (χ0n) is 11.9. The van der Waals surface area contributed by atoms with E-state index in [0.29, 0.717) is 5.92 Å². The third-order valence-corrected chi connectivity index (χ3v) is 3.95. The van der Waals surface area contributed by atoms with Crippen molar-refractivity contribution >= 4 is 11.6 Å². The fourth-order valence-corrected chi connectivity index (χ4v) is 2.27. The SMILES string of the molecule is CCCCc1ccc(NC(=O)C(C)(N)C2CC2)cc1. The molecular formula is C16H24N2O. The summed E-state index contributed by atoms with van der Waals surface area (Å²) in [4.78, 5) is 12.1. The van der Waals surface area contributed by atoms with Gasteiger partial charge in [-0.15, -0.1) is 0 Å². The molecule has 104 valence electrons. The highest BCUT2D eigenvalue weighted by Crippen LogP contribution is 2.38. The molecule has 19 heavy (non-hydrogen) atoms. The Kier molecular flexibility index (Phi) is 4.25. The van der Waals surface area contributed by atoms with Crippen LogP contribution in [0.25, 0.3) is 0 Å². The number of carbonyl (C=O) groups is 1. The first kappa shape index (κ1) is 14.1. The Balaban J connectivity index is 1.93. The van der Waals surface area contributed by atoms with Crippen LogP contribution in [0.4, 0.5) is 5.69 Å². The molecule has 3 heteroatoms. The van der Waals surface area contributed by atoms with Gasteiger partial charge in [-0.2, -0.15) is 0 Å². The van der Waals surface area contributed by atoms with Crippen molar-refractivity contribution in [3.8, 4) is 0 Å². The molecule has 1 aromatic rings. The van der Waals surface area contributed by atoms with E-state index in [2.05, 4.69) is 24.4 Å². The first-order valence-electron chi connectivity index (χ1n) is 7.23. The van der Waals surface area contributed by atoms with Crippen LogP contribution in [0.2, 0.25) is 0 Å². The molecule has 1 amide bonds. The fourth-order valence-electron chi connectivity index (χ4n) is 2.27. The molecule has 1 atom stereocenters. The van der Waals surface area contributed by atoms with E-state index in [-0.39, 0.29) is 5.91 Å². The van der Waals surface area contributed by atoms with E-state index in [4.69, 9.17) is 5.73 Å². The maximum absolute atomic E-state index is 12.1. The third-order valence-electron chi connectivity index (χ3n) is 3.95. The Bertz CT molecular complexity index is 433. The van der Waals surface area contributed by atoms with Crippen LogP contribution < -0.4 is 11.1 Å². The first-order valence-corrected chi connectivity index (χ1v) is 7.23. The minimum absolute atomic E-state index is 0.0729. The van der Waals surface area contributed by atoms with Gasteiger partial charge in [-0.05, 0) is 56.2 Å². The minimum atomic E-state index is -0.735. The van der Waals surface area contributed by atoms with Gasteiger partial charge in [-0.1, -0.05) is 25.5 Å². The average Bonchev–Trinajstić information content (AvgIpc) is 3.22. The van der Waals surface area contributed by atoms with Crippen LogP contribution in [0, 0.1) is 5.92 Å². The zero-order valence-corrected chi connectivity index (χ0v) is 11.9. The van der Waals surface area contributed by atoms with Crippen molar-refractivity contribution in [3.63, 3.8) is 0 Å². The quantitative estimate of drug-likeness (QED) is 0.825. The number of carbonyl (C=O) groups excluding carboxylic acids is 1. The maximum Gasteiger partial charge on any atom is 0.244 e. The van der Waals surface area contributed by atoms with E-state index in [9.17, 15) is 4.79 Å². The van der Waals surface area contributed by atoms with E-state index in [0.717, 1.165) is 24.9 Å². The van der Waals surface area contributed by atoms with E-state index in [1.807, 2.05) is 19.1 Å². The molecule has 3 nitrogen and oxygen atoms in total. The number of nitrogens with two attached hydrogens (primary N) is 1. The Morgan fingerprint density at radius 2 is 2.00 bits per heavy atom. The average molecular weight is 260 g/mol. The number of anilines is 1. The largest absolute Gasteiger partial charge is 0.324 e. The van der Waals surface area contributed by atoms with Crippen LogP contribution in [-0.4, -0.2) is 11.4 Å². The molecule has 1 aromatic carbocycles. The number of unbranched alkanes of at least 4 members (excludes halogenated alkanes) is 1. The number of nitrogens with one attached hydrogen (secondary N) is 1. The van der Waals surface area contributed by atoms with Gasteiger partial charge in [-0.25, -0.2) is 0 Å². The summed E-state index contributed by atoms with van der Waals surface area (Å²) < 4.78 is 0. The monoisotopic (exact) mass is 260 g/mol. The fraction of sp³-hybridized carbons (Fsp3) is 0.562. The molecule has 0 saturated heterocycles. The van der Waals surface area contributed by atoms with Crippen molar-refractivity contribution in [2.45, 2.75) is 51.5 Å². The van der Waals surface area contributed by atoms with Gasteiger partial charge in [-0.3, -0.25) is 4.79 Å². The summed E-state index contributed by atoms with van der Waals surface area (Å²) in [5, 5.41) is 2.92. The molecule has 1 unspecified atom stereocenters. The molecule has 1 fully saturated rings. The summed E-state index contributed by atoms with van der Waals surface area (Å²) in [6.07, 6.45) is 5.63. The van der Waals surface area contributed by atoms with Crippen molar-refractivity contribution in [3.05, 3.63) is 29.8 Å². The van der Waals surface area contributed by atoms with Gasteiger partial charge < -0.3 is 11.1 Å². The smallest absolute Gasteiger partial charge is 0.244 e. The number of benzene rings is 1. The van der Waals surface area contributed by atoms with Crippen molar-refractivity contribution in [1.82, 2.24) is 0 Å². The van der Waals surface area contributed by atoms with Crippen LogP contribution in [-0.2, 0) is 11.2 Å².